The number of pyridine rings is 1. The van der Waals surface area contributed by atoms with Gasteiger partial charge in [0.2, 0.25) is 0 Å². The van der Waals surface area contributed by atoms with Crippen LogP contribution < -0.4 is 4.74 Å². The van der Waals surface area contributed by atoms with Crippen molar-refractivity contribution in [2.24, 2.45) is 0 Å². The Bertz CT molecular complexity index is 599. The van der Waals surface area contributed by atoms with Gasteiger partial charge < -0.3 is 9.26 Å². The molecule has 0 atom stereocenters. The number of hydrogen-bond donors (Lipinski definition) is 0. The first-order valence-electron chi connectivity index (χ1n) is 5.66. The molecule has 2 rings (SSSR count). The average molecular weight is 307 g/mol. The van der Waals surface area contributed by atoms with Gasteiger partial charge in [0, 0.05) is 6.07 Å². The molecule has 0 aliphatic rings. The smallest absolute Gasteiger partial charge is 0.404 e. The lowest BCUT2D eigenvalue weighted by Gasteiger charge is -2.12. The maximum atomic E-state index is 12.3. The molecule has 2 aromatic heterocycles. The van der Waals surface area contributed by atoms with Gasteiger partial charge in [-0.2, -0.15) is 0 Å². The SMILES string of the molecule is Cc1cc(CCc2cc(Cl)ncc2OC(F)(F)F)no1. The van der Waals surface area contributed by atoms with Gasteiger partial charge >= 0.3 is 6.36 Å². The molecule has 0 N–H and O–H groups in total. The standard InChI is InChI=1S/C12H10ClF3N2O2/c1-7-4-9(18-20-7)3-2-8-5-11(13)17-6-10(8)19-12(14,15)16/h4-6H,2-3H2,1H3. The van der Waals surface area contributed by atoms with Crippen LogP contribution in [0.2, 0.25) is 5.15 Å². The van der Waals surface area contributed by atoms with Gasteiger partial charge in [0.25, 0.3) is 0 Å². The fourth-order valence-corrected chi connectivity index (χ4v) is 1.85. The van der Waals surface area contributed by atoms with Crippen LogP contribution in [0.3, 0.4) is 0 Å². The van der Waals surface area contributed by atoms with Crippen LogP contribution in [0.15, 0.2) is 22.9 Å². The van der Waals surface area contributed by atoms with Crippen LogP contribution in [0.25, 0.3) is 0 Å². The van der Waals surface area contributed by atoms with Crippen molar-refractivity contribution in [1.82, 2.24) is 10.1 Å². The van der Waals surface area contributed by atoms with Gasteiger partial charge in [-0.25, -0.2) is 4.98 Å². The quantitative estimate of drug-likeness (QED) is 0.808. The van der Waals surface area contributed by atoms with E-state index >= 15 is 0 Å². The van der Waals surface area contributed by atoms with Gasteiger partial charge in [0.15, 0.2) is 5.75 Å². The highest BCUT2D eigenvalue weighted by atomic mass is 35.5. The lowest BCUT2D eigenvalue weighted by atomic mass is 10.1. The van der Waals surface area contributed by atoms with Crippen molar-refractivity contribution in [2.75, 3.05) is 0 Å². The second-order valence-corrected chi connectivity index (χ2v) is 4.48. The summed E-state index contributed by atoms with van der Waals surface area (Å²) < 4.78 is 45.6. The molecule has 0 radical (unpaired) electrons. The third-order valence-corrected chi connectivity index (χ3v) is 2.67. The second kappa shape index (κ2) is 5.70. The van der Waals surface area contributed by atoms with Crippen LogP contribution in [-0.2, 0) is 12.8 Å². The van der Waals surface area contributed by atoms with Crippen LogP contribution >= 0.6 is 11.6 Å². The zero-order chi connectivity index (χ0) is 14.8. The third kappa shape index (κ3) is 4.12. The molecule has 0 spiro atoms. The van der Waals surface area contributed by atoms with Gasteiger partial charge in [-0.3, -0.25) is 0 Å². The molecule has 4 nitrogen and oxygen atoms in total. The molecule has 0 aliphatic carbocycles. The summed E-state index contributed by atoms with van der Waals surface area (Å²) in [6.07, 6.45) is -3.13. The van der Waals surface area contributed by atoms with Crippen LogP contribution in [0.1, 0.15) is 17.0 Å². The molecule has 0 saturated carbocycles. The van der Waals surface area contributed by atoms with E-state index < -0.39 is 6.36 Å². The first kappa shape index (κ1) is 14.6. The Hall–Kier alpha value is -1.76. The van der Waals surface area contributed by atoms with Crippen molar-refractivity contribution >= 4 is 11.6 Å². The van der Waals surface area contributed by atoms with Crippen molar-refractivity contribution in [3.8, 4) is 5.75 Å². The number of halogens is 4. The minimum absolute atomic E-state index is 0.103. The molecule has 0 aromatic carbocycles. The van der Waals surface area contributed by atoms with E-state index in [4.69, 9.17) is 16.1 Å². The van der Waals surface area contributed by atoms with Gasteiger partial charge in [-0.1, -0.05) is 16.8 Å². The summed E-state index contributed by atoms with van der Waals surface area (Å²) in [6.45, 7) is 1.73. The second-order valence-electron chi connectivity index (χ2n) is 4.09. The van der Waals surface area contributed by atoms with Crippen LogP contribution in [0, 0.1) is 6.92 Å². The topological polar surface area (TPSA) is 48.2 Å². The molecule has 8 heteroatoms. The summed E-state index contributed by atoms with van der Waals surface area (Å²) in [4.78, 5) is 3.59. The zero-order valence-electron chi connectivity index (χ0n) is 10.4. The molecule has 0 amide bonds. The highest BCUT2D eigenvalue weighted by molar-refractivity contribution is 6.29. The van der Waals surface area contributed by atoms with E-state index in [1.165, 1.54) is 6.07 Å². The molecule has 0 fully saturated rings. The molecule has 0 unspecified atom stereocenters. The normalized spacial score (nSPS) is 11.7. The Morgan fingerprint density at radius 2 is 2.05 bits per heavy atom. The Balaban J connectivity index is 2.14. The molecule has 2 aromatic rings. The number of aryl methyl sites for hydroxylation is 3. The molecule has 108 valence electrons. The molecule has 0 saturated heterocycles. The first-order chi connectivity index (χ1) is 9.33. The summed E-state index contributed by atoms with van der Waals surface area (Å²) in [6, 6.07) is 3.06. The Labute approximate surface area is 117 Å². The summed E-state index contributed by atoms with van der Waals surface area (Å²) in [5, 5.41) is 3.87. The zero-order valence-corrected chi connectivity index (χ0v) is 11.1. The van der Waals surface area contributed by atoms with Crippen LogP contribution in [0.5, 0.6) is 5.75 Å². The highest BCUT2D eigenvalue weighted by Crippen LogP contribution is 2.28. The van der Waals surface area contributed by atoms with Gasteiger partial charge in [-0.05, 0) is 31.4 Å². The number of ether oxygens (including phenoxy) is 1. The van der Waals surface area contributed by atoms with E-state index in [9.17, 15) is 13.2 Å². The fraction of sp³-hybridized carbons (Fsp3) is 0.333. The highest BCUT2D eigenvalue weighted by Gasteiger charge is 2.32. The Kier molecular flexibility index (Phi) is 4.17. The van der Waals surface area contributed by atoms with Crippen LogP contribution in [-0.4, -0.2) is 16.5 Å². The maximum Gasteiger partial charge on any atom is 0.573 e. The third-order valence-electron chi connectivity index (χ3n) is 2.47. The molecular weight excluding hydrogens is 297 g/mol. The molecule has 0 aliphatic heterocycles. The van der Waals surface area contributed by atoms with Crippen LogP contribution in [0.4, 0.5) is 13.2 Å². The number of hydrogen-bond acceptors (Lipinski definition) is 4. The maximum absolute atomic E-state index is 12.3. The van der Waals surface area contributed by atoms with Gasteiger partial charge in [0.1, 0.15) is 10.9 Å². The van der Waals surface area contributed by atoms with E-state index in [0.29, 0.717) is 23.4 Å². The monoisotopic (exact) mass is 306 g/mol. The molecule has 20 heavy (non-hydrogen) atoms. The summed E-state index contributed by atoms with van der Waals surface area (Å²) >= 11 is 5.69. The predicted octanol–water partition coefficient (Wildman–Crippen LogP) is 3.72. The van der Waals surface area contributed by atoms with Crippen molar-refractivity contribution in [2.45, 2.75) is 26.1 Å². The minimum atomic E-state index is -4.77. The van der Waals surface area contributed by atoms with Gasteiger partial charge in [-0.15, -0.1) is 13.2 Å². The Morgan fingerprint density at radius 3 is 2.65 bits per heavy atom. The average Bonchev–Trinajstić information content (AvgIpc) is 2.74. The van der Waals surface area contributed by atoms with Crippen molar-refractivity contribution in [1.29, 1.82) is 0 Å². The van der Waals surface area contributed by atoms with Crippen molar-refractivity contribution < 1.29 is 22.4 Å². The van der Waals surface area contributed by atoms with E-state index in [1.807, 2.05) is 0 Å². The number of aromatic nitrogens is 2. The summed E-state index contributed by atoms with van der Waals surface area (Å²) in [7, 11) is 0. The van der Waals surface area contributed by atoms with E-state index in [1.54, 1.807) is 13.0 Å². The molecule has 2 heterocycles. The largest absolute Gasteiger partial charge is 0.573 e. The van der Waals surface area contributed by atoms with E-state index in [-0.39, 0.29) is 17.3 Å². The summed E-state index contributed by atoms with van der Waals surface area (Å²) in [5.41, 5.74) is 0.955. The fourth-order valence-electron chi connectivity index (χ4n) is 1.67. The predicted molar refractivity (Wildman–Crippen MR) is 64.6 cm³/mol. The number of rotatable bonds is 4. The van der Waals surface area contributed by atoms with Crippen molar-refractivity contribution in [3.05, 3.63) is 40.5 Å². The van der Waals surface area contributed by atoms with Crippen molar-refractivity contribution in [3.63, 3.8) is 0 Å². The lowest BCUT2D eigenvalue weighted by Crippen LogP contribution is -2.18. The van der Waals surface area contributed by atoms with Gasteiger partial charge in [0.05, 0.1) is 11.9 Å². The number of alkyl halides is 3. The summed E-state index contributed by atoms with van der Waals surface area (Å²) in [5.74, 6) is 0.279. The first-order valence-corrected chi connectivity index (χ1v) is 6.03. The minimum Gasteiger partial charge on any atom is -0.404 e. The van der Waals surface area contributed by atoms with E-state index in [0.717, 1.165) is 6.20 Å². The van der Waals surface area contributed by atoms with E-state index in [2.05, 4.69) is 14.9 Å². The molecular formula is C12H10ClF3N2O2. The Morgan fingerprint density at radius 1 is 1.30 bits per heavy atom. The lowest BCUT2D eigenvalue weighted by molar-refractivity contribution is -0.275. The molecule has 0 bridgehead atoms. The number of nitrogens with zero attached hydrogens (tertiary/aromatic N) is 2.